The SMILES string of the molecule is CCO[PH+](OCC)OCC.F[P-](F)(F)(F)(F)F.N.N.N.N.O=N[O-].[Ru+6]. The molecule has 10 nitrogen and oxygen atoms in total. The van der Waals surface area contributed by atoms with Gasteiger partial charge in [0.2, 0.25) is 0 Å². The molecule has 0 bridgehead atoms. The fraction of sp³-hybridized carbons (Fsp3) is 1.00. The van der Waals surface area contributed by atoms with Gasteiger partial charge in [-0.3, -0.25) is 0 Å². The summed E-state index contributed by atoms with van der Waals surface area (Å²) in [7, 11) is -12.1. The number of rotatable bonds is 6. The zero-order valence-corrected chi connectivity index (χ0v) is 17.6. The summed E-state index contributed by atoms with van der Waals surface area (Å²) in [5.41, 5.74) is 0. The predicted octanol–water partition coefficient (Wildman–Crippen LogP) is 6.33. The second-order valence-corrected chi connectivity index (χ2v) is 5.86. The summed E-state index contributed by atoms with van der Waals surface area (Å²) >= 11 is 0. The molecule has 0 saturated heterocycles. The standard InChI is InChI=1S/C6H16O3P.F6P.HNO2.4H3N.Ru/c1-4-7-10(8-5-2)9-6-3;1-7(2,3,4,5)6;2-1-3;;;;;/h10H,4-6H2,1-3H3;;(H,2,3);4*1H3;/q+1;-1;;;;;;+6/p-1. The van der Waals surface area contributed by atoms with Crippen LogP contribution in [0.15, 0.2) is 5.34 Å². The largest absolute Gasteiger partial charge is 6.00 e. The molecule has 0 radical (unpaired) electrons. The maximum Gasteiger partial charge on any atom is 6.00 e. The molecule has 0 amide bonds. The van der Waals surface area contributed by atoms with Crippen molar-refractivity contribution >= 4 is 16.4 Å². The summed E-state index contributed by atoms with van der Waals surface area (Å²) in [4.78, 5) is 8.00. The second-order valence-electron chi connectivity index (χ2n) is 2.58. The van der Waals surface area contributed by atoms with Crippen LogP contribution in [0.1, 0.15) is 20.8 Å². The Labute approximate surface area is 156 Å². The maximum absolute atomic E-state index is 10.7. The van der Waals surface area contributed by atoms with Gasteiger partial charge in [-0.25, -0.2) is 0 Å². The second kappa shape index (κ2) is 20.5. The third kappa shape index (κ3) is 141. The summed E-state index contributed by atoms with van der Waals surface area (Å²) in [6, 6.07) is 0. The van der Waals surface area contributed by atoms with Crippen molar-refractivity contribution in [2.75, 3.05) is 19.8 Å². The summed E-state index contributed by atoms with van der Waals surface area (Å²) in [5, 5.41) is 9.00. The molecule has 0 aromatic heterocycles. The van der Waals surface area contributed by atoms with Crippen LogP contribution < -0.4 is 24.6 Å². The Kier molecular flexibility index (Phi) is 40.9. The molecule has 0 saturated carbocycles. The van der Waals surface area contributed by atoms with Crippen molar-refractivity contribution in [3.63, 3.8) is 0 Å². The molecule has 0 aromatic rings. The minimum atomic E-state index is -10.7. The third-order valence-corrected chi connectivity index (χ3v) is 2.36. The van der Waals surface area contributed by atoms with Gasteiger partial charge >= 0.3 is 61.1 Å². The summed E-state index contributed by atoms with van der Waals surface area (Å²) in [6.07, 6.45) is 0. The van der Waals surface area contributed by atoms with Gasteiger partial charge < -0.3 is 34.7 Å². The van der Waals surface area contributed by atoms with Crippen molar-refractivity contribution in [3.8, 4) is 0 Å². The van der Waals surface area contributed by atoms with Crippen molar-refractivity contribution in [3.05, 3.63) is 10.1 Å². The van der Waals surface area contributed by atoms with Crippen LogP contribution in [0.3, 0.4) is 0 Å². The van der Waals surface area contributed by atoms with Crippen molar-refractivity contribution in [1.29, 1.82) is 0 Å². The maximum atomic E-state index is 9.87. The zero-order chi connectivity index (χ0) is 16.9. The molecule has 19 heteroatoms. The van der Waals surface area contributed by atoms with E-state index in [1.165, 1.54) is 0 Å². The molecule has 0 unspecified atom stereocenters. The smallest absolute Gasteiger partial charge is 0.444 e. The first kappa shape index (κ1) is 49.9. The number of halogens is 6. The van der Waals surface area contributed by atoms with E-state index in [-0.39, 0.29) is 44.1 Å². The van der Waals surface area contributed by atoms with Gasteiger partial charge in [0.25, 0.3) is 0 Å². The minimum absolute atomic E-state index is 0. The van der Waals surface area contributed by atoms with Crippen LogP contribution >= 0.6 is 16.4 Å². The first-order valence-corrected chi connectivity index (χ1v) is 8.23. The topological polar surface area (TPSA) is 220 Å². The van der Waals surface area contributed by atoms with E-state index in [4.69, 9.17) is 23.7 Å². The van der Waals surface area contributed by atoms with E-state index in [0.717, 1.165) is 5.34 Å². The minimum Gasteiger partial charge on any atom is -0.444 e. The quantitative estimate of drug-likeness (QED) is 0.0994. The van der Waals surface area contributed by atoms with E-state index in [2.05, 4.69) is 0 Å². The van der Waals surface area contributed by atoms with E-state index in [1.807, 2.05) is 20.8 Å². The first-order valence-electron chi connectivity index (χ1n) is 4.98. The normalized spacial score (nSPS) is 11.3. The molecule has 0 atom stereocenters. The Hall–Kier alpha value is 0.183. The Balaban J connectivity index is -0.0000000290. The molecule has 0 aliphatic carbocycles. The van der Waals surface area contributed by atoms with E-state index in [9.17, 15) is 25.2 Å². The summed E-state index contributed by atoms with van der Waals surface area (Å²) < 4.78 is 74.7. The average Bonchev–Trinajstić information content (AvgIpc) is 2.15. The van der Waals surface area contributed by atoms with Gasteiger partial charge in [0, 0.05) is 0 Å². The van der Waals surface area contributed by atoms with E-state index >= 15 is 0 Å². The average molecular weight is 527 g/mol. The number of nitrogens with zero attached hydrogens (tertiary/aromatic N) is 1. The molecule has 12 N–H and O–H groups in total. The van der Waals surface area contributed by atoms with Crippen LogP contribution in [-0.2, 0) is 33.0 Å². The van der Waals surface area contributed by atoms with Crippen LogP contribution in [-0.4, -0.2) is 19.8 Å². The molecular formula is C6H28F6N5O5P2Ru+5. The van der Waals surface area contributed by atoms with Crippen LogP contribution in [0, 0.1) is 10.1 Å². The van der Waals surface area contributed by atoms with Crippen LogP contribution in [0.25, 0.3) is 0 Å². The monoisotopic (exact) mass is 528 g/mol. The Morgan fingerprint density at radius 1 is 0.800 bits per heavy atom. The number of hydrogen-bond donors (Lipinski definition) is 4. The molecule has 0 aliphatic heterocycles. The molecule has 162 valence electrons. The van der Waals surface area contributed by atoms with Crippen molar-refractivity contribution in [2.24, 2.45) is 5.34 Å². The predicted molar refractivity (Wildman–Crippen MR) is 86.0 cm³/mol. The van der Waals surface area contributed by atoms with Crippen molar-refractivity contribution in [1.82, 2.24) is 24.6 Å². The van der Waals surface area contributed by atoms with Gasteiger partial charge in [0.1, 0.15) is 0 Å². The Bertz CT molecular complexity index is 242. The summed E-state index contributed by atoms with van der Waals surface area (Å²) in [5.74, 6) is 0. The fourth-order valence-corrected chi connectivity index (χ4v) is 1.44. The van der Waals surface area contributed by atoms with Gasteiger partial charge in [-0.1, -0.05) is 0 Å². The summed E-state index contributed by atoms with van der Waals surface area (Å²) in [6.45, 7) is 7.78. The van der Waals surface area contributed by atoms with Gasteiger partial charge in [-0.2, -0.15) is 13.6 Å². The van der Waals surface area contributed by atoms with Crippen LogP contribution in [0.5, 0.6) is 0 Å². The zero-order valence-electron chi connectivity index (χ0n) is 14.0. The van der Waals surface area contributed by atoms with E-state index in [0.29, 0.717) is 19.8 Å². The van der Waals surface area contributed by atoms with Crippen molar-refractivity contribution < 1.29 is 58.2 Å². The van der Waals surface area contributed by atoms with Crippen LogP contribution in [0.4, 0.5) is 25.2 Å². The molecular weight excluding hydrogens is 499 g/mol. The Morgan fingerprint density at radius 3 is 1.00 bits per heavy atom. The van der Waals surface area contributed by atoms with E-state index < -0.39 is 16.4 Å². The molecule has 0 aromatic carbocycles. The molecule has 0 spiro atoms. The molecule has 25 heavy (non-hydrogen) atoms. The molecule has 0 rings (SSSR count). The molecule has 0 fully saturated rings. The Morgan fingerprint density at radius 2 is 0.920 bits per heavy atom. The third-order valence-electron chi connectivity index (χ3n) is 0.787. The van der Waals surface area contributed by atoms with E-state index in [1.54, 1.807) is 0 Å². The number of hydrogen-bond acceptors (Lipinski definition) is 10. The van der Waals surface area contributed by atoms with Crippen molar-refractivity contribution in [2.45, 2.75) is 20.8 Å². The molecule has 0 aliphatic rings. The van der Waals surface area contributed by atoms with Gasteiger partial charge in [-0.05, 0) is 20.8 Å². The van der Waals surface area contributed by atoms with Gasteiger partial charge in [0.15, 0.2) is 0 Å². The van der Waals surface area contributed by atoms with Crippen LogP contribution in [0.2, 0.25) is 0 Å². The fourth-order valence-electron chi connectivity index (χ4n) is 0.479. The van der Waals surface area contributed by atoms with Gasteiger partial charge in [0.05, 0.1) is 19.8 Å². The first-order chi connectivity index (χ1) is 8.71. The van der Waals surface area contributed by atoms with Gasteiger partial charge in [-0.15, -0.1) is 5.34 Å². The molecule has 0 heterocycles.